The van der Waals surface area contributed by atoms with Gasteiger partial charge >= 0.3 is 0 Å². The average molecular weight is 313 g/mol. The highest BCUT2D eigenvalue weighted by Gasteiger charge is 2.04. The maximum atomic E-state index is 5.89. The maximum Gasteiger partial charge on any atom is 0.243 e. The Balaban J connectivity index is 1.73. The molecule has 2 aromatic heterocycles. The molecule has 6 nitrogen and oxygen atoms in total. The molecule has 3 aromatic rings. The Labute approximate surface area is 132 Å². The molecule has 0 unspecified atom stereocenters. The highest BCUT2D eigenvalue weighted by Crippen LogP contribution is 2.19. The Morgan fingerprint density at radius 2 is 1.86 bits per heavy atom. The maximum absolute atomic E-state index is 5.89. The minimum atomic E-state index is 0.440. The summed E-state index contributed by atoms with van der Waals surface area (Å²) in [5.74, 6) is 0.440. The van der Waals surface area contributed by atoms with Crippen LogP contribution >= 0.6 is 11.6 Å². The van der Waals surface area contributed by atoms with Gasteiger partial charge in [-0.1, -0.05) is 23.7 Å². The molecule has 22 heavy (non-hydrogen) atoms. The molecule has 2 heterocycles. The Hall–Kier alpha value is -2.60. The first kappa shape index (κ1) is 14.3. The fourth-order valence-electron chi connectivity index (χ4n) is 1.82. The van der Waals surface area contributed by atoms with E-state index in [9.17, 15) is 0 Å². The van der Waals surface area contributed by atoms with E-state index in [-0.39, 0.29) is 0 Å². The molecule has 0 aliphatic carbocycles. The van der Waals surface area contributed by atoms with Gasteiger partial charge in [0.2, 0.25) is 5.95 Å². The number of benzene rings is 1. The number of hydrogen-bond donors (Lipinski definition) is 1. The summed E-state index contributed by atoms with van der Waals surface area (Å²) in [5, 5.41) is 11.7. The predicted octanol–water partition coefficient (Wildman–Crippen LogP) is 2.90. The number of hydrogen-bond acceptors (Lipinski definition) is 6. The lowest BCUT2D eigenvalue weighted by Crippen LogP contribution is -2.07. The molecule has 0 saturated carbocycles. The Morgan fingerprint density at radius 1 is 1.05 bits per heavy atom. The molecule has 0 aliphatic heterocycles. The minimum Gasteiger partial charge on any atom is -0.347 e. The first-order chi connectivity index (χ1) is 10.7. The number of halogens is 1. The molecule has 0 saturated heterocycles. The molecule has 1 N–H and O–H groups in total. The van der Waals surface area contributed by atoms with Crippen molar-refractivity contribution in [1.82, 2.24) is 25.1 Å². The van der Waals surface area contributed by atoms with Crippen molar-refractivity contribution in [2.45, 2.75) is 13.5 Å². The SMILES string of the molecule is Cc1cnc(CNc2nncc(-c3ccc(Cl)cc3)n2)cn1. The van der Waals surface area contributed by atoms with Gasteiger partial charge in [0, 0.05) is 16.8 Å². The number of aryl methyl sites for hydroxylation is 1. The number of aromatic nitrogens is 5. The highest BCUT2D eigenvalue weighted by molar-refractivity contribution is 6.30. The van der Waals surface area contributed by atoms with Crippen LogP contribution < -0.4 is 5.32 Å². The molecule has 0 fully saturated rings. The largest absolute Gasteiger partial charge is 0.347 e. The van der Waals surface area contributed by atoms with Crippen molar-refractivity contribution < 1.29 is 0 Å². The minimum absolute atomic E-state index is 0.440. The van der Waals surface area contributed by atoms with E-state index in [1.165, 1.54) is 0 Å². The van der Waals surface area contributed by atoms with Crippen LogP contribution in [0.15, 0.2) is 42.9 Å². The first-order valence-corrected chi connectivity index (χ1v) is 7.05. The zero-order valence-corrected chi connectivity index (χ0v) is 12.6. The van der Waals surface area contributed by atoms with Gasteiger partial charge in [-0.3, -0.25) is 9.97 Å². The number of rotatable bonds is 4. The van der Waals surface area contributed by atoms with Crippen LogP contribution in [-0.4, -0.2) is 25.1 Å². The van der Waals surface area contributed by atoms with Crippen molar-refractivity contribution in [1.29, 1.82) is 0 Å². The van der Waals surface area contributed by atoms with Crippen LogP contribution in [0, 0.1) is 6.92 Å². The second kappa shape index (κ2) is 6.44. The Kier molecular flexibility index (Phi) is 4.20. The molecule has 110 valence electrons. The third-order valence-electron chi connectivity index (χ3n) is 2.96. The molecule has 0 radical (unpaired) electrons. The molecule has 7 heteroatoms. The summed E-state index contributed by atoms with van der Waals surface area (Å²) in [7, 11) is 0. The standard InChI is InChI=1S/C15H13ClN6/c1-10-6-18-13(7-17-10)8-19-15-21-14(9-20-22-15)11-2-4-12(16)5-3-11/h2-7,9H,8H2,1H3,(H,19,21,22). The van der Waals surface area contributed by atoms with Crippen LogP contribution in [0.2, 0.25) is 5.02 Å². The first-order valence-electron chi connectivity index (χ1n) is 6.68. The smallest absolute Gasteiger partial charge is 0.243 e. The molecule has 0 amide bonds. The highest BCUT2D eigenvalue weighted by atomic mass is 35.5. The molecule has 1 aromatic carbocycles. The van der Waals surface area contributed by atoms with Gasteiger partial charge in [-0.25, -0.2) is 4.98 Å². The molecule has 0 spiro atoms. The van der Waals surface area contributed by atoms with E-state index >= 15 is 0 Å². The lowest BCUT2D eigenvalue weighted by molar-refractivity contribution is 0.922. The van der Waals surface area contributed by atoms with E-state index in [0.29, 0.717) is 17.5 Å². The summed E-state index contributed by atoms with van der Waals surface area (Å²) < 4.78 is 0. The average Bonchev–Trinajstić information content (AvgIpc) is 2.55. The van der Waals surface area contributed by atoms with Crippen molar-refractivity contribution in [3.8, 4) is 11.3 Å². The predicted molar refractivity (Wildman–Crippen MR) is 84.4 cm³/mol. The van der Waals surface area contributed by atoms with Crippen LogP contribution in [-0.2, 0) is 6.54 Å². The van der Waals surface area contributed by atoms with Gasteiger partial charge in [0.15, 0.2) is 0 Å². The van der Waals surface area contributed by atoms with E-state index in [2.05, 4.69) is 30.5 Å². The van der Waals surface area contributed by atoms with Gasteiger partial charge < -0.3 is 5.32 Å². The van der Waals surface area contributed by atoms with Crippen molar-refractivity contribution in [3.05, 3.63) is 59.3 Å². The summed E-state index contributed by atoms with van der Waals surface area (Å²) in [5.41, 5.74) is 3.35. The molecule has 0 bridgehead atoms. The van der Waals surface area contributed by atoms with Crippen molar-refractivity contribution >= 4 is 17.5 Å². The molecular formula is C15H13ClN6. The zero-order valence-electron chi connectivity index (χ0n) is 11.9. The third kappa shape index (κ3) is 3.53. The second-order valence-electron chi connectivity index (χ2n) is 4.67. The van der Waals surface area contributed by atoms with Crippen LogP contribution in [0.25, 0.3) is 11.3 Å². The Morgan fingerprint density at radius 3 is 2.59 bits per heavy atom. The topological polar surface area (TPSA) is 76.5 Å². The summed E-state index contributed by atoms with van der Waals surface area (Å²) in [6, 6.07) is 7.41. The number of anilines is 1. The number of nitrogens with zero attached hydrogens (tertiary/aromatic N) is 5. The Bertz CT molecular complexity index is 758. The van der Waals surface area contributed by atoms with E-state index in [0.717, 1.165) is 22.6 Å². The lowest BCUT2D eigenvalue weighted by Gasteiger charge is -2.05. The summed E-state index contributed by atoms with van der Waals surface area (Å²) in [4.78, 5) is 12.9. The zero-order chi connectivity index (χ0) is 15.4. The summed E-state index contributed by atoms with van der Waals surface area (Å²) >= 11 is 5.89. The van der Waals surface area contributed by atoms with E-state index in [1.807, 2.05) is 31.2 Å². The van der Waals surface area contributed by atoms with Crippen molar-refractivity contribution in [2.24, 2.45) is 0 Å². The lowest BCUT2D eigenvalue weighted by atomic mass is 10.2. The van der Waals surface area contributed by atoms with Crippen LogP contribution in [0.3, 0.4) is 0 Å². The van der Waals surface area contributed by atoms with Crippen LogP contribution in [0.1, 0.15) is 11.4 Å². The monoisotopic (exact) mass is 312 g/mol. The van der Waals surface area contributed by atoms with E-state index in [4.69, 9.17) is 11.6 Å². The van der Waals surface area contributed by atoms with Gasteiger partial charge in [-0.05, 0) is 19.1 Å². The summed E-state index contributed by atoms with van der Waals surface area (Å²) in [6.45, 7) is 2.38. The van der Waals surface area contributed by atoms with Crippen molar-refractivity contribution in [3.63, 3.8) is 0 Å². The second-order valence-corrected chi connectivity index (χ2v) is 5.11. The number of nitrogens with one attached hydrogen (secondary N) is 1. The van der Waals surface area contributed by atoms with Gasteiger partial charge in [-0.15, -0.1) is 5.10 Å². The molecule has 0 aliphatic rings. The van der Waals surface area contributed by atoms with Gasteiger partial charge in [0.05, 0.1) is 36.0 Å². The quantitative estimate of drug-likeness (QED) is 0.798. The van der Waals surface area contributed by atoms with Gasteiger partial charge in [-0.2, -0.15) is 5.10 Å². The third-order valence-corrected chi connectivity index (χ3v) is 3.21. The van der Waals surface area contributed by atoms with E-state index < -0.39 is 0 Å². The fraction of sp³-hybridized carbons (Fsp3) is 0.133. The van der Waals surface area contributed by atoms with Crippen LogP contribution in [0.4, 0.5) is 5.95 Å². The molecule has 3 rings (SSSR count). The van der Waals surface area contributed by atoms with Gasteiger partial charge in [0.25, 0.3) is 0 Å². The fourth-order valence-corrected chi connectivity index (χ4v) is 1.94. The van der Waals surface area contributed by atoms with Gasteiger partial charge in [0.1, 0.15) is 0 Å². The van der Waals surface area contributed by atoms with Crippen molar-refractivity contribution in [2.75, 3.05) is 5.32 Å². The van der Waals surface area contributed by atoms with Crippen LogP contribution in [0.5, 0.6) is 0 Å². The molecular weight excluding hydrogens is 300 g/mol. The normalized spacial score (nSPS) is 10.5. The molecule has 0 atom stereocenters. The summed E-state index contributed by atoms with van der Waals surface area (Å²) in [6.07, 6.45) is 5.05. The van der Waals surface area contributed by atoms with E-state index in [1.54, 1.807) is 18.6 Å².